The minimum absolute atomic E-state index is 0.0117. The predicted octanol–water partition coefficient (Wildman–Crippen LogP) is -0.0401. The minimum atomic E-state index is -0.448. The van der Waals surface area contributed by atoms with Gasteiger partial charge < -0.3 is 9.47 Å². The molecule has 3 rings (SSSR count). The first-order valence-electron chi connectivity index (χ1n) is 7.48. The van der Waals surface area contributed by atoms with Crippen LogP contribution in [0.15, 0.2) is 27.7 Å². The maximum absolute atomic E-state index is 12.4. The van der Waals surface area contributed by atoms with Crippen molar-refractivity contribution in [3.05, 3.63) is 38.9 Å². The summed E-state index contributed by atoms with van der Waals surface area (Å²) < 4.78 is 3.83. The van der Waals surface area contributed by atoms with Crippen molar-refractivity contribution >= 4 is 17.1 Å². The third kappa shape index (κ3) is 2.39. The Bertz CT molecular complexity index is 931. The van der Waals surface area contributed by atoms with Crippen molar-refractivity contribution in [3.63, 3.8) is 0 Å². The van der Waals surface area contributed by atoms with E-state index in [0.717, 1.165) is 29.5 Å². The fraction of sp³-hybridized carbons (Fsp3) is 0.467. The summed E-state index contributed by atoms with van der Waals surface area (Å²) in [5.74, 6) is -0.117. The number of aryl methyl sites for hydroxylation is 1. The highest BCUT2D eigenvalue weighted by molar-refractivity contribution is 5.80. The average Bonchev–Trinajstić information content (AvgIpc) is 3.19. The molecular formula is C15H19N5O3. The highest BCUT2D eigenvalue weighted by Crippen LogP contribution is 2.20. The van der Waals surface area contributed by atoms with E-state index >= 15 is 0 Å². The standard InChI is InChI=1S/C15H19N5O3/c1-17(10-6-4-5-7-10)11(21)8-20-9-16-13-12(20)14(22)19(3)15(23)18(13)2/h6,9H,4-5,7-8H2,1-3H3. The van der Waals surface area contributed by atoms with Crippen LogP contribution in [-0.2, 0) is 25.4 Å². The summed E-state index contributed by atoms with van der Waals surface area (Å²) in [6, 6.07) is 0. The number of imidazole rings is 1. The lowest BCUT2D eigenvalue weighted by Crippen LogP contribution is -2.38. The monoisotopic (exact) mass is 317 g/mol. The van der Waals surface area contributed by atoms with E-state index in [2.05, 4.69) is 11.1 Å². The lowest BCUT2D eigenvalue weighted by atomic mass is 10.3. The molecule has 8 heteroatoms. The molecule has 0 aromatic carbocycles. The summed E-state index contributed by atoms with van der Waals surface area (Å²) in [5.41, 5.74) is 0.675. The Hall–Kier alpha value is -2.64. The van der Waals surface area contributed by atoms with Gasteiger partial charge in [-0.2, -0.15) is 0 Å². The van der Waals surface area contributed by atoms with E-state index < -0.39 is 11.2 Å². The highest BCUT2D eigenvalue weighted by Gasteiger charge is 2.20. The van der Waals surface area contributed by atoms with Crippen LogP contribution in [0.1, 0.15) is 19.3 Å². The molecule has 2 aromatic rings. The van der Waals surface area contributed by atoms with Crippen LogP contribution in [-0.4, -0.2) is 36.5 Å². The van der Waals surface area contributed by atoms with Gasteiger partial charge in [-0.1, -0.05) is 6.08 Å². The molecule has 2 aromatic heterocycles. The number of allylic oxidation sites excluding steroid dienone is 2. The van der Waals surface area contributed by atoms with E-state index in [-0.39, 0.29) is 23.6 Å². The van der Waals surface area contributed by atoms with Gasteiger partial charge in [-0.3, -0.25) is 18.7 Å². The van der Waals surface area contributed by atoms with Gasteiger partial charge in [-0.25, -0.2) is 9.78 Å². The SMILES string of the molecule is CN(C(=O)Cn1cnc2c1c(=O)n(C)c(=O)n2C)C1=CCCC1. The van der Waals surface area contributed by atoms with Gasteiger partial charge in [-0.05, 0) is 19.3 Å². The number of hydrogen-bond acceptors (Lipinski definition) is 4. The number of fused-ring (bicyclic) bond motifs is 1. The van der Waals surface area contributed by atoms with Gasteiger partial charge in [0.1, 0.15) is 6.54 Å². The second-order valence-electron chi connectivity index (χ2n) is 5.79. The molecule has 8 nitrogen and oxygen atoms in total. The zero-order valence-electron chi connectivity index (χ0n) is 13.4. The molecule has 122 valence electrons. The Labute approximate surface area is 132 Å². The first kappa shape index (κ1) is 15.3. The molecule has 0 spiro atoms. The molecule has 0 aliphatic heterocycles. The zero-order chi connectivity index (χ0) is 16.7. The van der Waals surface area contributed by atoms with Gasteiger partial charge in [0.25, 0.3) is 5.56 Å². The number of hydrogen-bond donors (Lipinski definition) is 0. The third-order valence-electron chi connectivity index (χ3n) is 4.34. The molecule has 1 amide bonds. The summed E-state index contributed by atoms with van der Waals surface area (Å²) in [5, 5.41) is 0. The van der Waals surface area contributed by atoms with Crippen LogP contribution in [0.2, 0.25) is 0 Å². The van der Waals surface area contributed by atoms with Gasteiger partial charge in [0.05, 0.1) is 6.33 Å². The van der Waals surface area contributed by atoms with Crippen LogP contribution in [0.3, 0.4) is 0 Å². The van der Waals surface area contributed by atoms with Crippen molar-refractivity contribution in [2.45, 2.75) is 25.8 Å². The first-order valence-corrected chi connectivity index (χ1v) is 7.48. The van der Waals surface area contributed by atoms with Crippen molar-refractivity contribution in [2.75, 3.05) is 7.05 Å². The Morgan fingerprint density at radius 1 is 1.30 bits per heavy atom. The molecule has 0 radical (unpaired) electrons. The average molecular weight is 317 g/mol. The fourth-order valence-corrected chi connectivity index (χ4v) is 2.89. The number of carbonyl (C=O) groups is 1. The molecule has 0 unspecified atom stereocenters. The van der Waals surface area contributed by atoms with Crippen LogP contribution in [0.4, 0.5) is 0 Å². The van der Waals surface area contributed by atoms with E-state index in [1.165, 1.54) is 22.5 Å². The van der Waals surface area contributed by atoms with Crippen LogP contribution in [0.5, 0.6) is 0 Å². The summed E-state index contributed by atoms with van der Waals surface area (Å²) in [6.45, 7) is 0.0117. The summed E-state index contributed by atoms with van der Waals surface area (Å²) in [4.78, 5) is 42.5. The van der Waals surface area contributed by atoms with Crippen molar-refractivity contribution in [2.24, 2.45) is 14.1 Å². The molecule has 2 heterocycles. The Balaban J connectivity index is 2.00. The number of aromatic nitrogens is 4. The van der Waals surface area contributed by atoms with Crippen LogP contribution < -0.4 is 11.2 Å². The van der Waals surface area contributed by atoms with Gasteiger partial charge in [0.15, 0.2) is 11.2 Å². The molecule has 1 aliphatic rings. The second-order valence-corrected chi connectivity index (χ2v) is 5.79. The summed E-state index contributed by atoms with van der Waals surface area (Å²) in [7, 11) is 4.71. The molecule has 0 fully saturated rings. The third-order valence-corrected chi connectivity index (χ3v) is 4.34. The smallest absolute Gasteiger partial charge is 0.318 e. The molecule has 0 atom stereocenters. The fourth-order valence-electron chi connectivity index (χ4n) is 2.89. The normalized spacial score (nSPS) is 14.3. The lowest BCUT2D eigenvalue weighted by Gasteiger charge is -2.18. The van der Waals surface area contributed by atoms with Gasteiger partial charge in [-0.15, -0.1) is 0 Å². The number of rotatable bonds is 3. The molecule has 0 saturated carbocycles. The number of nitrogens with zero attached hydrogens (tertiary/aromatic N) is 5. The number of likely N-dealkylation sites (N-methyl/N-ethyl adjacent to an activating group) is 1. The van der Waals surface area contributed by atoms with Crippen LogP contribution >= 0.6 is 0 Å². The first-order chi connectivity index (χ1) is 10.9. The van der Waals surface area contributed by atoms with Crippen molar-refractivity contribution in [1.29, 1.82) is 0 Å². The Kier molecular flexibility index (Phi) is 3.67. The maximum atomic E-state index is 12.4. The molecular weight excluding hydrogens is 298 g/mol. The van der Waals surface area contributed by atoms with Crippen LogP contribution in [0, 0.1) is 0 Å². The van der Waals surface area contributed by atoms with E-state index in [1.54, 1.807) is 19.0 Å². The maximum Gasteiger partial charge on any atom is 0.332 e. The molecule has 23 heavy (non-hydrogen) atoms. The molecule has 1 aliphatic carbocycles. The van der Waals surface area contributed by atoms with Crippen molar-refractivity contribution < 1.29 is 4.79 Å². The van der Waals surface area contributed by atoms with Crippen molar-refractivity contribution in [1.82, 2.24) is 23.6 Å². The topological polar surface area (TPSA) is 82.1 Å². The van der Waals surface area contributed by atoms with Crippen LogP contribution in [0.25, 0.3) is 11.2 Å². The van der Waals surface area contributed by atoms with Gasteiger partial charge in [0.2, 0.25) is 5.91 Å². The van der Waals surface area contributed by atoms with E-state index in [0.29, 0.717) is 0 Å². The number of carbonyl (C=O) groups excluding carboxylic acids is 1. The number of amides is 1. The molecule has 0 N–H and O–H groups in total. The van der Waals surface area contributed by atoms with Crippen molar-refractivity contribution in [3.8, 4) is 0 Å². The summed E-state index contributed by atoms with van der Waals surface area (Å²) in [6.07, 6.45) is 6.43. The predicted molar refractivity (Wildman–Crippen MR) is 84.9 cm³/mol. The highest BCUT2D eigenvalue weighted by atomic mass is 16.2. The molecule has 0 saturated heterocycles. The lowest BCUT2D eigenvalue weighted by molar-refractivity contribution is -0.128. The Morgan fingerprint density at radius 3 is 2.70 bits per heavy atom. The molecule has 0 bridgehead atoms. The van der Waals surface area contributed by atoms with E-state index in [4.69, 9.17) is 0 Å². The minimum Gasteiger partial charge on any atom is -0.318 e. The van der Waals surface area contributed by atoms with E-state index in [9.17, 15) is 14.4 Å². The van der Waals surface area contributed by atoms with Gasteiger partial charge >= 0.3 is 5.69 Å². The van der Waals surface area contributed by atoms with E-state index in [1.807, 2.05) is 0 Å². The largest absolute Gasteiger partial charge is 0.332 e. The van der Waals surface area contributed by atoms with Gasteiger partial charge in [0, 0.05) is 26.8 Å². The second kappa shape index (κ2) is 5.53. The zero-order valence-corrected chi connectivity index (χ0v) is 13.4. The quantitative estimate of drug-likeness (QED) is 0.795. The Morgan fingerprint density at radius 2 is 2.04 bits per heavy atom. The summed E-state index contributed by atoms with van der Waals surface area (Å²) >= 11 is 0.